The number of nitrogens with one attached hydrogen (secondary N) is 1. The third-order valence-electron chi connectivity index (χ3n) is 6.53. The van der Waals surface area contributed by atoms with Crippen LogP contribution < -0.4 is 5.48 Å². The lowest BCUT2D eigenvalue weighted by molar-refractivity contribution is -0.124. The first-order chi connectivity index (χ1) is 14.5. The Morgan fingerprint density at radius 3 is 2.70 bits per heavy atom. The lowest BCUT2D eigenvalue weighted by Crippen LogP contribution is -2.26. The number of aryl methyl sites for hydroxylation is 1. The van der Waals surface area contributed by atoms with Gasteiger partial charge < -0.3 is 0 Å². The predicted octanol–water partition coefficient (Wildman–Crippen LogP) is 3.81. The van der Waals surface area contributed by atoms with E-state index in [0.29, 0.717) is 6.04 Å². The summed E-state index contributed by atoms with van der Waals surface area (Å²) in [6, 6.07) is 8.82. The lowest BCUT2D eigenvalue weighted by atomic mass is 10.0. The molecule has 0 unspecified atom stereocenters. The molecule has 1 aliphatic carbocycles. The van der Waals surface area contributed by atoms with Crippen molar-refractivity contribution in [2.75, 3.05) is 13.1 Å². The Morgan fingerprint density at radius 2 is 2.00 bits per heavy atom. The number of rotatable bonds is 8. The molecule has 2 N–H and O–H groups in total. The molecule has 1 aromatic carbocycles. The van der Waals surface area contributed by atoms with E-state index >= 15 is 0 Å². The summed E-state index contributed by atoms with van der Waals surface area (Å²) in [5.74, 6) is 0.321. The van der Waals surface area contributed by atoms with E-state index in [1.54, 1.807) is 11.6 Å². The van der Waals surface area contributed by atoms with Crippen LogP contribution in [0.4, 0.5) is 0 Å². The van der Waals surface area contributed by atoms with Crippen LogP contribution in [0.15, 0.2) is 30.3 Å². The number of aromatic nitrogens is 2. The first kappa shape index (κ1) is 20.8. The molecule has 4 rings (SSSR count). The largest absolute Gasteiger partial charge is 0.296 e. The van der Waals surface area contributed by atoms with Crippen LogP contribution in [0.2, 0.25) is 0 Å². The minimum Gasteiger partial charge on any atom is -0.296 e. The third kappa shape index (κ3) is 4.82. The SMILES string of the molecule is Cc1nn(CC2CC2)c(C)c1CCN1CCC[C@H]1c1ccc(/C=C/C(=O)NO)cc1. The minimum atomic E-state index is -0.521. The van der Waals surface area contributed by atoms with Crippen molar-refractivity contribution in [1.82, 2.24) is 20.2 Å². The summed E-state index contributed by atoms with van der Waals surface area (Å²) in [7, 11) is 0. The quantitative estimate of drug-likeness (QED) is 0.396. The summed E-state index contributed by atoms with van der Waals surface area (Å²) in [5, 5.41) is 13.4. The Bertz CT molecular complexity index is 912. The van der Waals surface area contributed by atoms with Gasteiger partial charge in [0.05, 0.1) is 5.69 Å². The van der Waals surface area contributed by atoms with E-state index in [-0.39, 0.29) is 0 Å². The smallest absolute Gasteiger partial charge is 0.267 e. The summed E-state index contributed by atoms with van der Waals surface area (Å²) in [5.41, 5.74) is 7.83. The molecule has 30 heavy (non-hydrogen) atoms. The van der Waals surface area contributed by atoms with Crippen molar-refractivity contribution in [1.29, 1.82) is 0 Å². The standard InChI is InChI=1S/C24H32N4O2/c1-17-22(18(2)28(25-17)16-20-5-6-20)13-15-27-14-3-4-23(27)21-10-7-19(8-11-21)9-12-24(29)26-30/h7-12,20,23,30H,3-6,13-16H2,1-2H3,(H,26,29)/b12-9+/t23-/m0/s1. The zero-order valence-corrected chi connectivity index (χ0v) is 18.0. The third-order valence-corrected chi connectivity index (χ3v) is 6.53. The lowest BCUT2D eigenvalue weighted by Gasteiger charge is -2.25. The Morgan fingerprint density at radius 1 is 1.23 bits per heavy atom. The monoisotopic (exact) mass is 408 g/mol. The van der Waals surface area contributed by atoms with E-state index in [2.05, 4.69) is 35.6 Å². The Labute approximate surface area is 178 Å². The van der Waals surface area contributed by atoms with Gasteiger partial charge in [-0.1, -0.05) is 24.3 Å². The summed E-state index contributed by atoms with van der Waals surface area (Å²) in [6.07, 6.45) is 9.19. The fourth-order valence-electron chi connectivity index (χ4n) is 4.58. The van der Waals surface area contributed by atoms with Gasteiger partial charge in [0.15, 0.2) is 0 Å². The van der Waals surface area contributed by atoms with Gasteiger partial charge in [-0.15, -0.1) is 0 Å². The molecular weight excluding hydrogens is 376 g/mol. The van der Waals surface area contributed by atoms with Gasteiger partial charge in [-0.3, -0.25) is 19.6 Å². The molecule has 0 spiro atoms. The second-order valence-electron chi connectivity index (χ2n) is 8.69. The highest BCUT2D eigenvalue weighted by Gasteiger charge is 2.27. The summed E-state index contributed by atoms with van der Waals surface area (Å²) < 4.78 is 2.23. The van der Waals surface area contributed by atoms with Gasteiger partial charge in [-0.2, -0.15) is 5.10 Å². The highest BCUT2D eigenvalue weighted by Crippen LogP contribution is 2.33. The van der Waals surface area contributed by atoms with Gasteiger partial charge in [0.2, 0.25) is 0 Å². The molecule has 6 nitrogen and oxygen atoms in total. The summed E-state index contributed by atoms with van der Waals surface area (Å²) in [6.45, 7) is 7.65. The molecule has 6 heteroatoms. The number of hydrogen-bond donors (Lipinski definition) is 2. The molecule has 0 radical (unpaired) electrons. The van der Waals surface area contributed by atoms with E-state index < -0.39 is 5.91 Å². The van der Waals surface area contributed by atoms with Crippen LogP contribution >= 0.6 is 0 Å². The molecule has 1 saturated heterocycles. The topological polar surface area (TPSA) is 70.4 Å². The van der Waals surface area contributed by atoms with E-state index in [9.17, 15) is 4.79 Å². The van der Waals surface area contributed by atoms with E-state index in [1.807, 2.05) is 12.1 Å². The zero-order chi connectivity index (χ0) is 21.1. The maximum Gasteiger partial charge on any atom is 0.267 e. The normalized spacial score (nSPS) is 19.6. The highest BCUT2D eigenvalue weighted by molar-refractivity contribution is 5.90. The van der Waals surface area contributed by atoms with Crippen molar-refractivity contribution in [3.63, 3.8) is 0 Å². The van der Waals surface area contributed by atoms with Crippen LogP contribution in [0.5, 0.6) is 0 Å². The molecule has 1 aliphatic heterocycles. The number of amides is 1. The van der Waals surface area contributed by atoms with Gasteiger partial charge in [-0.25, -0.2) is 5.48 Å². The van der Waals surface area contributed by atoms with Gasteiger partial charge in [0, 0.05) is 30.9 Å². The van der Waals surface area contributed by atoms with Crippen LogP contribution in [-0.2, 0) is 17.8 Å². The van der Waals surface area contributed by atoms with Crippen molar-refractivity contribution < 1.29 is 10.0 Å². The number of carbonyl (C=O) groups is 1. The number of carbonyl (C=O) groups excluding carboxylic acids is 1. The van der Waals surface area contributed by atoms with Crippen molar-refractivity contribution >= 4 is 12.0 Å². The van der Waals surface area contributed by atoms with Crippen LogP contribution in [0.3, 0.4) is 0 Å². The van der Waals surface area contributed by atoms with Gasteiger partial charge >= 0.3 is 0 Å². The Kier molecular flexibility index (Phi) is 6.35. The van der Waals surface area contributed by atoms with Gasteiger partial charge in [0.25, 0.3) is 5.91 Å². The van der Waals surface area contributed by atoms with E-state index in [0.717, 1.165) is 37.5 Å². The molecule has 160 valence electrons. The molecule has 2 fully saturated rings. The predicted molar refractivity (Wildman–Crippen MR) is 117 cm³/mol. The van der Waals surface area contributed by atoms with Crippen LogP contribution in [0.1, 0.15) is 59.8 Å². The molecule has 2 heterocycles. The fourth-order valence-corrected chi connectivity index (χ4v) is 4.58. The molecule has 0 bridgehead atoms. The minimum absolute atomic E-state index is 0.450. The molecule has 1 saturated carbocycles. The molecule has 2 aromatic rings. The van der Waals surface area contributed by atoms with Crippen LogP contribution in [0.25, 0.3) is 6.08 Å². The van der Waals surface area contributed by atoms with Crippen molar-refractivity contribution in [3.05, 3.63) is 58.4 Å². The Balaban J connectivity index is 1.39. The first-order valence-corrected chi connectivity index (χ1v) is 11.0. The van der Waals surface area contributed by atoms with Crippen molar-refractivity contribution in [3.8, 4) is 0 Å². The number of hydroxylamine groups is 1. The number of benzene rings is 1. The van der Waals surface area contributed by atoms with Gasteiger partial charge in [-0.05, 0) is 81.2 Å². The van der Waals surface area contributed by atoms with Crippen LogP contribution in [-0.4, -0.2) is 38.9 Å². The summed E-state index contributed by atoms with van der Waals surface area (Å²) in [4.78, 5) is 13.7. The first-order valence-electron chi connectivity index (χ1n) is 11.0. The number of nitrogens with zero attached hydrogens (tertiary/aromatic N) is 3. The molecule has 1 atom stereocenters. The average Bonchev–Trinajstić information content (AvgIpc) is 3.38. The summed E-state index contributed by atoms with van der Waals surface area (Å²) >= 11 is 0. The second-order valence-corrected chi connectivity index (χ2v) is 8.69. The number of hydrogen-bond acceptors (Lipinski definition) is 4. The van der Waals surface area contributed by atoms with Crippen molar-refractivity contribution in [2.45, 2.75) is 58.5 Å². The molecule has 2 aliphatic rings. The van der Waals surface area contributed by atoms with E-state index in [1.165, 1.54) is 54.3 Å². The fraction of sp³-hybridized carbons (Fsp3) is 0.500. The van der Waals surface area contributed by atoms with Gasteiger partial charge in [0.1, 0.15) is 0 Å². The molecule has 1 amide bonds. The highest BCUT2D eigenvalue weighted by atomic mass is 16.5. The van der Waals surface area contributed by atoms with Crippen molar-refractivity contribution in [2.24, 2.45) is 5.92 Å². The second kappa shape index (κ2) is 9.14. The number of likely N-dealkylation sites (tertiary alicyclic amines) is 1. The zero-order valence-electron chi connectivity index (χ0n) is 18.0. The Hall–Kier alpha value is -2.44. The molecular formula is C24H32N4O2. The molecule has 1 aromatic heterocycles. The van der Waals surface area contributed by atoms with Crippen LogP contribution in [0, 0.1) is 19.8 Å². The maximum atomic E-state index is 11.1. The van der Waals surface area contributed by atoms with E-state index in [4.69, 9.17) is 10.3 Å². The maximum absolute atomic E-state index is 11.1. The average molecular weight is 409 g/mol.